The minimum Gasteiger partial charge on any atom is -0.497 e. The topological polar surface area (TPSA) is 34.1 Å². The molecule has 0 spiro atoms. The SMILES string of the molecule is COc1ccc(Cl)c(NCc2ncccc2C)c1. The van der Waals surface area contributed by atoms with Gasteiger partial charge in [-0.25, -0.2) is 0 Å². The summed E-state index contributed by atoms with van der Waals surface area (Å²) in [5.41, 5.74) is 3.02. The van der Waals surface area contributed by atoms with Crippen LogP contribution in [0.5, 0.6) is 5.75 Å². The average molecular weight is 263 g/mol. The zero-order valence-corrected chi connectivity index (χ0v) is 11.2. The average Bonchev–Trinajstić information content (AvgIpc) is 2.39. The lowest BCUT2D eigenvalue weighted by Gasteiger charge is -2.11. The Balaban J connectivity index is 2.13. The lowest BCUT2D eigenvalue weighted by atomic mass is 10.2. The number of hydrogen-bond acceptors (Lipinski definition) is 3. The number of hydrogen-bond donors (Lipinski definition) is 1. The van der Waals surface area contributed by atoms with Gasteiger partial charge in [-0.05, 0) is 30.7 Å². The number of halogens is 1. The molecule has 0 aliphatic rings. The minimum atomic E-state index is 0.638. The Bertz CT molecular complexity index is 543. The van der Waals surface area contributed by atoms with Gasteiger partial charge >= 0.3 is 0 Å². The van der Waals surface area contributed by atoms with Crippen LogP contribution in [0.4, 0.5) is 5.69 Å². The van der Waals surface area contributed by atoms with Gasteiger partial charge in [-0.1, -0.05) is 17.7 Å². The first-order valence-electron chi connectivity index (χ1n) is 5.68. The van der Waals surface area contributed by atoms with Crippen LogP contribution < -0.4 is 10.1 Å². The van der Waals surface area contributed by atoms with E-state index < -0.39 is 0 Å². The van der Waals surface area contributed by atoms with Gasteiger partial charge in [-0.3, -0.25) is 4.98 Å². The third-order valence-corrected chi connectivity index (χ3v) is 3.07. The number of methoxy groups -OCH3 is 1. The largest absolute Gasteiger partial charge is 0.497 e. The Morgan fingerprint density at radius 3 is 2.89 bits per heavy atom. The lowest BCUT2D eigenvalue weighted by Crippen LogP contribution is -2.04. The van der Waals surface area contributed by atoms with E-state index in [1.165, 1.54) is 0 Å². The molecule has 1 N–H and O–H groups in total. The highest BCUT2D eigenvalue weighted by atomic mass is 35.5. The molecule has 4 heteroatoms. The summed E-state index contributed by atoms with van der Waals surface area (Å²) < 4.78 is 5.17. The molecule has 0 amide bonds. The third kappa shape index (κ3) is 2.93. The summed E-state index contributed by atoms with van der Waals surface area (Å²) in [7, 11) is 1.63. The molecule has 3 nitrogen and oxygen atoms in total. The van der Waals surface area contributed by atoms with Crippen LogP contribution in [0, 0.1) is 6.92 Å². The van der Waals surface area contributed by atoms with Crippen molar-refractivity contribution < 1.29 is 4.74 Å². The van der Waals surface area contributed by atoms with Gasteiger partial charge in [0.25, 0.3) is 0 Å². The molecule has 2 rings (SSSR count). The molecule has 0 unspecified atom stereocenters. The molecule has 0 aliphatic carbocycles. The molecule has 0 radical (unpaired) electrons. The van der Waals surface area contributed by atoms with Gasteiger partial charge < -0.3 is 10.1 Å². The van der Waals surface area contributed by atoms with Crippen molar-refractivity contribution in [1.29, 1.82) is 0 Å². The smallest absolute Gasteiger partial charge is 0.121 e. The van der Waals surface area contributed by atoms with Crippen molar-refractivity contribution >= 4 is 17.3 Å². The predicted molar refractivity (Wildman–Crippen MR) is 74.3 cm³/mol. The number of benzene rings is 1. The van der Waals surface area contributed by atoms with Crippen molar-refractivity contribution in [3.8, 4) is 5.75 Å². The Morgan fingerprint density at radius 1 is 1.33 bits per heavy atom. The van der Waals surface area contributed by atoms with Crippen LogP contribution in [-0.2, 0) is 6.54 Å². The molecule has 0 fully saturated rings. The van der Waals surface area contributed by atoms with Crippen LogP contribution in [0.3, 0.4) is 0 Å². The molecule has 0 bridgehead atoms. The second kappa shape index (κ2) is 5.74. The van der Waals surface area contributed by atoms with Gasteiger partial charge in [-0.15, -0.1) is 0 Å². The standard InChI is InChI=1S/C14H15ClN2O/c1-10-4-3-7-16-14(10)9-17-13-8-11(18-2)5-6-12(13)15/h3-8,17H,9H2,1-2H3. The Morgan fingerprint density at radius 2 is 2.17 bits per heavy atom. The highest BCUT2D eigenvalue weighted by Gasteiger charge is 2.04. The fraction of sp³-hybridized carbons (Fsp3) is 0.214. The first-order valence-corrected chi connectivity index (χ1v) is 6.06. The maximum atomic E-state index is 6.12. The number of pyridine rings is 1. The van der Waals surface area contributed by atoms with Gasteiger partial charge in [0.1, 0.15) is 5.75 Å². The van der Waals surface area contributed by atoms with Gasteiger partial charge in [0, 0.05) is 12.3 Å². The van der Waals surface area contributed by atoms with Crippen molar-refractivity contribution in [2.75, 3.05) is 12.4 Å². The molecular weight excluding hydrogens is 248 g/mol. The van der Waals surface area contributed by atoms with Crippen molar-refractivity contribution in [1.82, 2.24) is 4.98 Å². The number of nitrogens with one attached hydrogen (secondary N) is 1. The number of nitrogens with zero attached hydrogens (tertiary/aromatic N) is 1. The Labute approximate surface area is 112 Å². The molecule has 0 atom stereocenters. The second-order valence-corrected chi connectivity index (χ2v) is 4.37. The first-order chi connectivity index (χ1) is 8.70. The predicted octanol–water partition coefficient (Wildman–Crippen LogP) is 3.66. The normalized spacial score (nSPS) is 10.2. The highest BCUT2D eigenvalue weighted by Crippen LogP contribution is 2.27. The maximum Gasteiger partial charge on any atom is 0.121 e. The van der Waals surface area contributed by atoms with Crippen LogP contribution in [0.1, 0.15) is 11.3 Å². The minimum absolute atomic E-state index is 0.638. The number of aromatic nitrogens is 1. The summed E-state index contributed by atoms with van der Waals surface area (Å²) in [5, 5.41) is 3.94. The summed E-state index contributed by atoms with van der Waals surface area (Å²) in [6.07, 6.45) is 1.79. The number of ether oxygens (including phenoxy) is 1. The summed E-state index contributed by atoms with van der Waals surface area (Å²) in [6.45, 7) is 2.68. The van der Waals surface area contributed by atoms with Crippen LogP contribution in [0.25, 0.3) is 0 Å². The van der Waals surface area contributed by atoms with Crippen molar-refractivity contribution in [3.05, 3.63) is 52.8 Å². The van der Waals surface area contributed by atoms with Gasteiger partial charge in [0.2, 0.25) is 0 Å². The first kappa shape index (κ1) is 12.7. The zero-order valence-electron chi connectivity index (χ0n) is 10.4. The van der Waals surface area contributed by atoms with E-state index >= 15 is 0 Å². The quantitative estimate of drug-likeness (QED) is 0.913. The number of anilines is 1. The fourth-order valence-electron chi connectivity index (χ4n) is 1.65. The van der Waals surface area contributed by atoms with Gasteiger partial charge in [0.05, 0.1) is 30.1 Å². The summed E-state index contributed by atoms with van der Waals surface area (Å²) in [4.78, 5) is 4.33. The van der Waals surface area contributed by atoms with E-state index in [9.17, 15) is 0 Å². The molecule has 1 heterocycles. The van der Waals surface area contributed by atoms with Gasteiger partial charge in [-0.2, -0.15) is 0 Å². The van der Waals surface area contributed by atoms with E-state index in [0.29, 0.717) is 11.6 Å². The molecule has 0 aliphatic heterocycles. The number of rotatable bonds is 4. The molecule has 0 saturated carbocycles. The van der Waals surface area contributed by atoms with Crippen LogP contribution in [-0.4, -0.2) is 12.1 Å². The van der Waals surface area contributed by atoms with E-state index in [1.54, 1.807) is 13.3 Å². The van der Waals surface area contributed by atoms with Crippen molar-refractivity contribution in [2.45, 2.75) is 13.5 Å². The van der Waals surface area contributed by atoms with Crippen LogP contribution in [0.15, 0.2) is 36.5 Å². The fourth-order valence-corrected chi connectivity index (χ4v) is 1.83. The highest BCUT2D eigenvalue weighted by molar-refractivity contribution is 6.33. The summed E-state index contributed by atoms with van der Waals surface area (Å²) in [5.74, 6) is 0.777. The maximum absolute atomic E-state index is 6.12. The molecule has 2 aromatic rings. The molecule has 94 valence electrons. The van der Waals surface area contributed by atoms with Crippen molar-refractivity contribution in [3.63, 3.8) is 0 Å². The van der Waals surface area contributed by atoms with Gasteiger partial charge in [0.15, 0.2) is 0 Å². The van der Waals surface area contributed by atoms with E-state index in [0.717, 1.165) is 22.7 Å². The monoisotopic (exact) mass is 262 g/mol. The molecule has 1 aromatic heterocycles. The molecule has 0 saturated heterocycles. The molecule has 18 heavy (non-hydrogen) atoms. The zero-order chi connectivity index (χ0) is 13.0. The van der Waals surface area contributed by atoms with E-state index in [2.05, 4.69) is 10.3 Å². The molecular formula is C14H15ClN2O. The second-order valence-electron chi connectivity index (χ2n) is 3.97. The Hall–Kier alpha value is -1.74. The van der Waals surface area contributed by atoms with E-state index in [1.807, 2.05) is 37.3 Å². The van der Waals surface area contributed by atoms with E-state index in [4.69, 9.17) is 16.3 Å². The van der Waals surface area contributed by atoms with Crippen LogP contribution in [0.2, 0.25) is 5.02 Å². The van der Waals surface area contributed by atoms with E-state index in [-0.39, 0.29) is 0 Å². The third-order valence-electron chi connectivity index (χ3n) is 2.74. The molecule has 1 aromatic carbocycles. The van der Waals surface area contributed by atoms with Crippen molar-refractivity contribution in [2.24, 2.45) is 0 Å². The lowest BCUT2D eigenvalue weighted by molar-refractivity contribution is 0.415. The summed E-state index contributed by atoms with van der Waals surface area (Å²) in [6, 6.07) is 9.49. The van der Waals surface area contributed by atoms with Crippen LogP contribution >= 0.6 is 11.6 Å². The number of aryl methyl sites for hydroxylation is 1. The Kier molecular flexibility index (Phi) is 4.05. The summed E-state index contributed by atoms with van der Waals surface area (Å²) >= 11 is 6.12.